The molecule has 1 nitrogen and oxygen atoms in total. The molecule has 0 N–H and O–H groups in total. The highest BCUT2D eigenvalue weighted by Crippen LogP contribution is 2.50. The largest absolute Gasteiger partial charge is 0.201 e. The number of halogens is 1. The van der Waals surface area contributed by atoms with E-state index in [0.29, 0.717) is 6.04 Å². The molecule has 0 bridgehead atoms. The molecule has 0 saturated heterocycles. The van der Waals surface area contributed by atoms with Crippen LogP contribution in [0.4, 0.5) is 0 Å². The van der Waals surface area contributed by atoms with Crippen LogP contribution in [0.25, 0.3) is 0 Å². The molecule has 2 aliphatic rings. The van der Waals surface area contributed by atoms with Gasteiger partial charge in [-0.15, -0.1) is 0 Å². The van der Waals surface area contributed by atoms with Crippen molar-refractivity contribution in [2.24, 2.45) is 11.8 Å². The van der Waals surface area contributed by atoms with E-state index in [0.717, 1.165) is 15.8 Å². The molecule has 4 atom stereocenters. The Hall–Kier alpha value is -0.380. The Morgan fingerprint density at radius 1 is 1.06 bits per heavy atom. The van der Waals surface area contributed by atoms with Gasteiger partial charge in [-0.05, 0) is 38.5 Å². The first-order valence-electron chi connectivity index (χ1n) is 6.92. The lowest BCUT2D eigenvalue weighted by Crippen LogP contribution is -2.41. The van der Waals surface area contributed by atoms with E-state index < -0.39 is 0 Å². The van der Waals surface area contributed by atoms with E-state index in [2.05, 4.69) is 71.6 Å². The van der Waals surface area contributed by atoms with E-state index in [1.165, 1.54) is 19.3 Å². The minimum atomic E-state index is 0.695. The molecular weight excluding hydrogens is 333 g/mol. The molecule has 4 unspecified atom stereocenters. The van der Waals surface area contributed by atoms with Crippen LogP contribution in [-0.4, -0.2) is 3.92 Å². The van der Waals surface area contributed by atoms with E-state index in [9.17, 15) is 0 Å². The second kappa shape index (κ2) is 4.95. The van der Waals surface area contributed by atoms with Crippen LogP contribution in [0.3, 0.4) is 0 Å². The summed E-state index contributed by atoms with van der Waals surface area (Å²) in [5.74, 6) is 1.81. The SMILES string of the molecule is CC1=C(C)CC2C(C1)CC([n+]1ccccc1)C2I. The van der Waals surface area contributed by atoms with Gasteiger partial charge in [-0.25, -0.2) is 4.57 Å². The topological polar surface area (TPSA) is 3.88 Å². The number of fused-ring (bicyclic) bond motifs is 1. The fourth-order valence-electron chi connectivity index (χ4n) is 3.69. The first-order chi connectivity index (χ1) is 8.66. The highest BCUT2D eigenvalue weighted by Gasteiger charge is 2.47. The fraction of sp³-hybridized carbons (Fsp3) is 0.562. The number of nitrogens with zero attached hydrogens (tertiary/aromatic N) is 1. The van der Waals surface area contributed by atoms with Gasteiger partial charge in [0.25, 0.3) is 0 Å². The van der Waals surface area contributed by atoms with Crippen molar-refractivity contribution in [2.75, 3.05) is 0 Å². The summed E-state index contributed by atoms with van der Waals surface area (Å²) >= 11 is 2.71. The van der Waals surface area contributed by atoms with E-state index in [1.54, 1.807) is 11.1 Å². The van der Waals surface area contributed by atoms with Gasteiger partial charge in [0, 0.05) is 18.6 Å². The van der Waals surface area contributed by atoms with Crippen LogP contribution in [0.5, 0.6) is 0 Å². The molecule has 0 amide bonds. The number of rotatable bonds is 1. The van der Waals surface area contributed by atoms with Crippen LogP contribution in [-0.2, 0) is 0 Å². The van der Waals surface area contributed by atoms with Gasteiger partial charge in [0.2, 0.25) is 0 Å². The minimum absolute atomic E-state index is 0.695. The predicted molar refractivity (Wildman–Crippen MR) is 82.7 cm³/mol. The van der Waals surface area contributed by atoms with E-state index >= 15 is 0 Å². The van der Waals surface area contributed by atoms with Crippen LogP contribution >= 0.6 is 22.6 Å². The zero-order chi connectivity index (χ0) is 12.7. The zero-order valence-corrected chi connectivity index (χ0v) is 13.3. The van der Waals surface area contributed by atoms with Gasteiger partial charge in [0.05, 0.1) is 3.92 Å². The monoisotopic (exact) mass is 354 g/mol. The minimum Gasteiger partial charge on any atom is -0.201 e. The highest BCUT2D eigenvalue weighted by atomic mass is 127. The Balaban J connectivity index is 1.84. The lowest BCUT2D eigenvalue weighted by atomic mass is 9.79. The van der Waals surface area contributed by atoms with Crippen LogP contribution < -0.4 is 4.57 Å². The maximum Gasteiger partial charge on any atom is 0.170 e. The molecule has 1 fully saturated rings. The van der Waals surface area contributed by atoms with E-state index in [4.69, 9.17) is 0 Å². The fourth-order valence-corrected chi connectivity index (χ4v) is 5.20. The van der Waals surface area contributed by atoms with Crippen LogP contribution in [0.2, 0.25) is 0 Å². The molecule has 0 radical (unpaired) electrons. The molecule has 1 saturated carbocycles. The molecule has 3 rings (SSSR count). The molecule has 0 aromatic carbocycles. The van der Waals surface area contributed by atoms with Gasteiger partial charge in [0.15, 0.2) is 18.4 Å². The van der Waals surface area contributed by atoms with Gasteiger partial charge < -0.3 is 0 Å². The van der Waals surface area contributed by atoms with Gasteiger partial charge in [-0.2, -0.15) is 0 Å². The smallest absolute Gasteiger partial charge is 0.170 e. The molecule has 2 heteroatoms. The Morgan fingerprint density at radius 3 is 2.44 bits per heavy atom. The average molecular weight is 354 g/mol. The number of alkyl halides is 1. The number of hydrogen-bond acceptors (Lipinski definition) is 0. The number of pyridine rings is 1. The summed E-state index contributed by atoms with van der Waals surface area (Å²) in [5.41, 5.74) is 3.30. The second-order valence-electron chi connectivity index (χ2n) is 5.96. The quantitative estimate of drug-likeness (QED) is 0.310. The molecule has 0 aliphatic heterocycles. The van der Waals surface area contributed by atoms with Crippen molar-refractivity contribution in [3.8, 4) is 0 Å². The first kappa shape index (κ1) is 12.6. The molecule has 2 aliphatic carbocycles. The standard InChI is InChI=1S/C16H21IN/c1-11-8-13-10-15(18-6-4-3-5-7-18)16(17)14(13)9-12(11)2/h3-7,13-16H,8-10H2,1-2H3/q+1. The van der Waals surface area contributed by atoms with Crippen LogP contribution in [0.15, 0.2) is 41.7 Å². The normalized spacial score (nSPS) is 35.7. The van der Waals surface area contributed by atoms with E-state index in [-0.39, 0.29) is 0 Å². The summed E-state index contributed by atoms with van der Waals surface area (Å²) in [4.78, 5) is 0. The summed E-state index contributed by atoms with van der Waals surface area (Å²) < 4.78 is 3.21. The molecule has 96 valence electrons. The maximum atomic E-state index is 2.71. The van der Waals surface area contributed by atoms with Gasteiger partial charge in [-0.3, -0.25) is 0 Å². The maximum absolute atomic E-state index is 2.71. The third kappa shape index (κ3) is 2.13. The summed E-state index contributed by atoms with van der Waals surface area (Å²) in [6, 6.07) is 7.11. The van der Waals surface area contributed by atoms with Gasteiger partial charge in [0.1, 0.15) is 0 Å². The number of aromatic nitrogens is 1. The number of allylic oxidation sites excluding steroid dienone is 2. The molecule has 1 aromatic heterocycles. The van der Waals surface area contributed by atoms with Crippen molar-refractivity contribution < 1.29 is 4.57 Å². The third-order valence-electron chi connectivity index (χ3n) is 4.89. The summed E-state index contributed by atoms with van der Waals surface area (Å²) in [7, 11) is 0. The zero-order valence-electron chi connectivity index (χ0n) is 11.1. The van der Waals surface area contributed by atoms with Crippen molar-refractivity contribution in [2.45, 2.75) is 43.1 Å². The Bertz CT molecular complexity index is 465. The molecule has 1 heterocycles. The van der Waals surface area contributed by atoms with Crippen molar-refractivity contribution in [1.29, 1.82) is 0 Å². The second-order valence-corrected chi connectivity index (χ2v) is 7.40. The van der Waals surface area contributed by atoms with Crippen molar-refractivity contribution in [3.63, 3.8) is 0 Å². The Kier molecular flexibility index (Phi) is 3.48. The summed E-state index contributed by atoms with van der Waals surface area (Å²) in [6.07, 6.45) is 8.49. The van der Waals surface area contributed by atoms with Crippen molar-refractivity contribution in [3.05, 3.63) is 41.7 Å². The lowest BCUT2D eigenvalue weighted by molar-refractivity contribution is -0.720. The molecule has 0 spiro atoms. The summed E-state index contributed by atoms with van der Waals surface area (Å²) in [5, 5.41) is 0. The highest BCUT2D eigenvalue weighted by molar-refractivity contribution is 14.1. The Morgan fingerprint density at radius 2 is 1.72 bits per heavy atom. The third-order valence-corrected chi connectivity index (χ3v) is 6.64. The lowest BCUT2D eigenvalue weighted by Gasteiger charge is -2.28. The Labute approximate surface area is 123 Å². The van der Waals surface area contributed by atoms with Crippen LogP contribution in [0.1, 0.15) is 39.2 Å². The summed E-state index contributed by atoms with van der Waals surface area (Å²) in [6.45, 7) is 4.66. The predicted octanol–water partition coefficient (Wildman–Crippen LogP) is 4.09. The van der Waals surface area contributed by atoms with Crippen molar-refractivity contribution in [1.82, 2.24) is 0 Å². The van der Waals surface area contributed by atoms with E-state index in [1.807, 2.05) is 0 Å². The first-order valence-corrected chi connectivity index (χ1v) is 8.16. The molecule has 1 aromatic rings. The number of hydrogen-bond donors (Lipinski definition) is 0. The van der Waals surface area contributed by atoms with Gasteiger partial charge in [-0.1, -0.05) is 39.8 Å². The average Bonchev–Trinajstić information content (AvgIpc) is 2.69. The van der Waals surface area contributed by atoms with Crippen molar-refractivity contribution >= 4 is 22.6 Å². The van der Waals surface area contributed by atoms with Gasteiger partial charge >= 0.3 is 0 Å². The van der Waals surface area contributed by atoms with Crippen LogP contribution in [0, 0.1) is 11.8 Å². The molecule has 18 heavy (non-hydrogen) atoms. The molecular formula is C16H21IN+.